The normalized spacial score (nSPS) is 10.7. The SMILES string of the molecule is CCCCc1c(OC)cc(CCc2cc(OC)c(CCCC)c(OC)c2)cc1OC. The summed E-state index contributed by atoms with van der Waals surface area (Å²) in [5, 5.41) is 0. The number of hydrogen-bond acceptors (Lipinski definition) is 4. The van der Waals surface area contributed by atoms with Crippen molar-refractivity contribution in [3.63, 3.8) is 0 Å². The smallest absolute Gasteiger partial charge is 0.126 e. The maximum Gasteiger partial charge on any atom is 0.126 e. The zero-order chi connectivity index (χ0) is 21.9. The molecule has 0 unspecified atom stereocenters. The van der Waals surface area contributed by atoms with Gasteiger partial charge in [0.2, 0.25) is 0 Å². The third-order valence-corrected chi connectivity index (χ3v) is 5.60. The molecule has 0 saturated heterocycles. The monoisotopic (exact) mass is 414 g/mol. The van der Waals surface area contributed by atoms with Crippen LogP contribution >= 0.6 is 0 Å². The van der Waals surface area contributed by atoms with Crippen LogP contribution in [0.1, 0.15) is 61.8 Å². The van der Waals surface area contributed by atoms with Crippen molar-refractivity contribution in [1.82, 2.24) is 0 Å². The summed E-state index contributed by atoms with van der Waals surface area (Å²) in [4.78, 5) is 0. The lowest BCUT2D eigenvalue weighted by Gasteiger charge is -2.17. The number of methoxy groups -OCH3 is 4. The topological polar surface area (TPSA) is 36.9 Å². The van der Waals surface area contributed by atoms with Gasteiger partial charge >= 0.3 is 0 Å². The van der Waals surface area contributed by atoms with Gasteiger partial charge in [-0.3, -0.25) is 0 Å². The van der Waals surface area contributed by atoms with Crippen molar-refractivity contribution in [2.45, 2.75) is 65.2 Å². The third kappa shape index (κ3) is 6.07. The lowest BCUT2D eigenvalue weighted by atomic mass is 9.97. The van der Waals surface area contributed by atoms with E-state index in [1.165, 1.54) is 11.1 Å². The zero-order valence-corrected chi connectivity index (χ0v) is 19.6. The molecule has 0 aliphatic heterocycles. The molecule has 2 aromatic rings. The second kappa shape index (κ2) is 12.4. The van der Waals surface area contributed by atoms with Crippen LogP contribution in [-0.2, 0) is 25.7 Å². The molecule has 4 nitrogen and oxygen atoms in total. The van der Waals surface area contributed by atoms with Crippen molar-refractivity contribution in [3.05, 3.63) is 46.5 Å². The first-order valence-corrected chi connectivity index (χ1v) is 11.1. The van der Waals surface area contributed by atoms with Crippen molar-refractivity contribution in [2.75, 3.05) is 28.4 Å². The minimum Gasteiger partial charge on any atom is -0.496 e. The van der Waals surface area contributed by atoms with E-state index >= 15 is 0 Å². The van der Waals surface area contributed by atoms with E-state index in [-0.39, 0.29) is 0 Å². The van der Waals surface area contributed by atoms with Gasteiger partial charge in [-0.05, 0) is 73.9 Å². The lowest BCUT2D eigenvalue weighted by Crippen LogP contribution is -2.02. The predicted octanol–water partition coefficient (Wildman–Crippen LogP) is 6.19. The molecule has 0 heterocycles. The molecular formula is C26H38O4. The molecular weight excluding hydrogens is 376 g/mol. The molecule has 0 aliphatic rings. The minimum absolute atomic E-state index is 0.890. The molecule has 2 rings (SSSR count). The van der Waals surface area contributed by atoms with E-state index in [2.05, 4.69) is 38.1 Å². The van der Waals surface area contributed by atoms with Crippen LogP contribution in [0.25, 0.3) is 0 Å². The van der Waals surface area contributed by atoms with Gasteiger partial charge in [0, 0.05) is 11.1 Å². The first-order valence-electron chi connectivity index (χ1n) is 11.1. The van der Waals surface area contributed by atoms with Gasteiger partial charge in [0.25, 0.3) is 0 Å². The number of aryl methyl sites for hydroxylation is 2. The highest BCUT2D eigenvalue weighted by molar-refractivity contribution is 5.50. The fraction of sp³-hybridized carbons (Fsp3) is 0.538. The molecule has 0 atom stereocenters. The van der Waals surface area contributed by atoms with Gasteiger partial charge in [-0.25, -0.2) is 0 Å². The molecule has 166 valence electrons. The molecule has 2 aromatic carbocycles. The summed E-state index contributed by atoms with van der Waals surface area (Å²) < 4.78 is 22.7. The van der Waals surface area contributed by atoms with Crippen LogP contribution in [0.3, 0.4) is 0 Å². The van der Waals surface area contributed by atoms with E-state index < -0.39 is 0 Å². The number of benzene rings is 2. The second-order valence-electron chi connectivity index (χ2n) is 7.66. The molecule has 4 heteroatoms. The van der Waals surface area contributed by atoms with Crippen molar-refractivity contribution in [2.24, 2.45) is 0 Å². The van der Waals surface area contributed by atoms with Gasteiger partial charge in [0.05, 0.1) is 28.4 Å². The van der Waals surface area contributed by atoms with Gasteiger partial charge in [-0.15, -0.1) is 0 Å². The molecule has 0 amide bonds. The predicted molar refractivity (Wildman–Crippen MR) is 124 cm³/mol. The van der Waals surface area contributed by atoms with E-state index in [9.17, 15) is 0 Å². The Bertz CT molecular complexity index is 680. The average Bonchev–Trinajstić information content (AvgIpc) is 2.79. The number of ether oxygens (including phenoxy) is 4. The van der Waals surface area contributed by atoms with Gasteiger partial charge in [-0.2, -0.15) is 0 Å². The Morgan fingerprint density at radius 1 is 0.500 bits per heavy atom. The van der Waals surface area contributed by atoms with E-state index in [1.54, 1.807) is 28.4 Å². The number of hydrogen-bond donors (Lipinski definition) is 0. The highest BCUT2D eigenvalue weighted by Crippen LogP contribution is 2.34. The standard InChI is InChI=1S/C26H38O4/c1-7-9-11-21-23(27-3)15-19(16-24(21)28-4)13-14-20-17-25(29-5)22(12-10-8-2)26(18-20)30-6/h15-18H,7-14H2,1-6H3. The van der Waals surface area contributed by atoms with Crippen molar-refractivity contribution in [3.8, 4) is 23.0 Å². The maximum atomic E-state index is 5.68. The summed E-state index contributed by atoms with van der Waals surface area (Å²) in [5.74, 6) is 3.68. The first-order chi connectivity index (χ1) is 14.6. The molecule has 0 spiro atoms. The summed E-state index contributed by atoms with van der Waals surface area (Å²) in [5.41, 5.74) is 4.73. The quantitative estimate of drug-likeness (QED) is 0.391. The van der Waals surface area contributed by atoms with Crippen LogP contribution in [0.2, 0.25) is 0 Å². The summed E-state index contributed by atoms with van der Waals surface area (Å²) >= 11 is 0. The first kappa shape index (κ1) is 23.9. The second-order valence-corrected chi connectivity index (χ2v) is 7.66. The largest absolute Gasteiger partial charge is 0.496 e. The Morgan fingerprint density at radius 2 is 0.800 bits per heavy atom. The van der Waals surface area contributed by atoms with E-state index in [1.807, 2.05) is 0 Å². The Hall–Kier alpha value is -2.36. The molecule has 0 fully saturated rings. The third-order valence-electron chi connectivity index (χ3n) is 5.60. The fourth-order valence-electron chi connectivity index (χ4n) is 3.85. The molecule has 30 heavy (non-hydrogen) atoms. The van der Waals surface area contributed by atoms with Gasteiger partial charge < -0.3 is 18.9 Å². The van der Waals surface area contributed by atoms with Crippen LogP contribution < -0.4 is 18.9 Å². The molecule has 0 radical (unpaired) electrons. The van der Waals surface area contributed by atoms with Crippen LogP contribution in [0.5, 0.6) is 23.0 Å². The lowest BCUT2D eigenvalue weighted by molar-refractivity contribution is 0.382. The minimum atomic E-state index is 0.890. The molecule has 0 bridgehead atoms. The Balaban J connectivity index is 2.25. The Morgan fingerprint density at radius 3 is 1.03 bits per heavy atom. The van der Waals surface area contributed by atoms with Crippen LogP contribution in [-0.4, -0.2) is 28.4 Å². The van der Waals surface area contributed by atoms with Crippen molar-refractivity contribution in [1.29, 1.82) is 0 Å². The highest BCUT2D eigenvalue weighted by atomic mass is 16.5. The van der Waals surface area contributed by atoms with Gasteiger partial charge in [0.1, 0.15) is 23.0 Å². The Labute approximate surface area is 182 Å². The summed E-state index contributed by atoms with van der Waals surface area (Å²) in [7, 11) is 6.94. The van der Waals surface area contributed by atoms with E-state index in [4.69, 9.17) is 18.9 Å². The van der Waals surface area contributed by atoms with Crippen LogP contribution in [0.4, 0.5) is 0 Å². The molecule has 0 aromatic heterocycles. The number of unbranched alkanes of at least 4 members (excludes halogenated alkanes) is 2. The summed E-state index contributed by atoms with van der Waals surface area (Å²) in [6.07, 6.45) is 8.25. The van der Waals surface area contributed by atoms with E-state index in [0.717, 1.165) is 85.5 Å². The van der Waals surface area contributed by atoms with Crippen LogP contribution in [0.15, 0.2) is 24.3 Å². The van der Waals surface area contributed by atoms with Crippen LogP contribution in [0, 0.1) is 0 Å². The maximum absolute atomic E-state index is 5.68. The fourth-order valence-corrected chi connectivity index (χ4v) is 3.85. The zero-order valence-electron chi connectivity index (χ0n) is 19.6. The molecule has 0 saturated carbocycles. The summed E-state index contributed by atoms with van der Waals surface area (Å²) in [6, 6.07) is 8.60. The average molecular weight is 415 g/mol. The van der Waals surface area contributed by atoms with Crippen molar-refractivity contribution < 1.29 is 18.9 Å². The highest BCUT2D eigenvalue weighted by Gasteiger charge is 2.15. The summed E-state index contributed by atoms with van der Waals surface area (Å²) in [6.45, 7) is 4.40. The number of rotatable bonds is 13. The Kier molecular flexibility index (Phi) is 9.85. The van der Waals surface area contributed by atoms with E-state index in [0.29, 0.717) is 0 Å². The van der Waals surface area contributed by atoms with Crippen molar-refractivity contribution >= 4 is 0 Å². The molecule has 0 aliphatic carbocycles. The van der Waals surface area contributed by atoms with Gasteiger partial charge in [0.15, 0.2) is 0 Å². The van der Waals surface area contributed by atoms with Gasteiger partial charge in [-0.1, -0.05) is 26.7 Å². The molecule has 0 N–H and O–H groups in total.